The summed E-state index contributed by atoms with van der Waals surface area (Å²) in [6, 6.07) is 16.8. The van der Waals surface area contributed by atoms with Crippen LogP contribution in [0.25, 0.3) is 11.5 Å². The number of rotatable bonds is 6. The van der Waals surface area contributed by atoms with E-state index in [0.29, 0.717) is 35.3 Å². The van der Waals surface area contributed by atoms with Gasteiger partial charge in [-0.3, -0.25) is 14.8 Å². The van der Waals surface area contributed by atoms with Crippen molar-refractivity contribution in [3.63, 3.8) is 0 Å². The molecule has 10 nitrogen and oxygen atoms in total. The highest BCUT2D eigenvalue weighted by Gasteiger charge is 2.21. The summed E-state index contributed by atoms with van der Waals surface area (Å²) in [6.45, 7) is 0.906. The van der Waals surface area contributed by atoms with Gasteiger partial charge >= 0.3 is 6.01 Å². The second kappa shape index (κ2) is 9.28. The van der Waals surface area contributed by atoms with Gasteiger partial charge in [0.25, 0.3) is 15.9 Å². The minimum absolute atomic E-state index is 0.00177. The van der Waals surface area contributed by atoms with E-state index in [-0.39, 0.29) is 28.1 Å². The number of hydrogen-bond donors (Lipinski definition) is 2. The fraction of sp³-hybridized carbons (Fsp3) is 0.0870. The highest BCUT2D eigenvalue weighted by atomic mass is 35.5. The van der Waals surface area contributed by atoms with Crippen LogP contribution in [0.2, 0.25) is 5.02 Å². The molecule has 0 atom stereocenters. The molecule has 0 radical (unpaired) electrons. The number of anilines is 2. The molecule has 35 heavy (non-hydrogen) atoms. The lowest BCUT2D eigenvalue weighted by Crippen LogP contribution is -2.18. The number of halogens is 1. The van der Waals surface area contributed by atoms with Gasteiger partial charge in [-0.15, -0.1) is 5.10 Å². The molecule has 178 valence electrons. The first-order chi connectivity index (χ1) is 16.9. The SMILES string of the molecule is O=C(Nc1nnc(-c2ccc3c(c2)OCCO3)o1)c1ccccc1NS(=O)(=O)c1ccc(Cl)cc1. The zero-order valence-electron chi connectivity index (χ0n) is 17.9. The third-order valence-corrected chi connectivity index (χ3v) is 6.61. The lowest BCUT2D eigenvalue weighted by atomic mass is 10.2. The Labute approximate surface area is 204 Å². The van der Waals surface area contributed by atoms with Crippen LogP contribution in [-0.2, 0) is 10.0 Å². The van der Waals surface area contributed by atoms with Crippen molar-refractivity contribution in [3.05, 3.63) is 77.3 Å². The van der Waals surface area contributed by atoms with E-state index in [1.165, 1.54) is 36.4 Å². The Morgan fingerprint density at radius 1 is 0.914 bits per heavy atom. The first-order valence-electron chi connectivity index (χ1n) is 10.3. The fourth-order valence-corrected chi connectivity index (χ4v) is 4.52. The second-order valence-corrected chi connectivity index (χ2v) is 9.45. The molecule has 3 aromatic carbocycles. The third-order valence-electron chi connectivity index (χ3n) is 4.97. The number of nitrogens with one attached hydrogen (secondary N) is 2. The molecule has 1 aromatic heterocycles. The van der Waals surface area contributed by atoms with E-state index in [1.54, 1.807) is 30.3 Å². The molecule has 5 rings (SSSR count). The molecule has 1 aliphatic heterocycles. The molecular formula is C23H17ClN4O6S. The minimum Gasteiger partial charge on any atom is -0.486 e. The van der Waals surface area contributed by atoms with E-state index in [1.807, 2.05) is 0 Å². The fourth-order valence-electron chi connectivity index (χ4n) is 3.32. The molecule has 0 fully saturated rings. The van der Waals surface area contributed by atoms with Gasteiger partial charge in [-0.1, -0.05) is 28.8 Å². The highest BCUT2D eigenvalue weighted by molar-refractivity contribution is 7.92. The number of nitrogens with zero attached hydrogens (tertiary/aromatic N) is 2. The van der Waals surface area contributed by atoms with Crippen LogP contribution >= 0.6 is 11.6 Å². The topological polar surface area (TPSA) is 133 Å². The Balaban J connectivity index is 1.34. The van der Waals surface area contributed by atoms with E-state index >= 15 is 0 Å². The van der Waals surface area contributed by atoms with Crippen LogP contribution in [0.4, 0.5) is 11.7 Å². The number of hydrogen-bond acceptors (Lipinski definition) is 8. The predicted octanol–water partition coefficient (Wildman–Crippen LogP) is 4.21. The summed E-state index contributed by atoms with van der Waals surface area (Å²) in [6.07, 6.45) is 0. The van der Waals surface area contributed by atoms with E-state index in [9.17, 15) is 13.2 Å². The Bertz CT molecular complexity index is 1500. The average molecular weight is 513 g/mol. The van der Waals surface area contributed by atoms with Crippen molar-refractivity contribution in [2.75, 3.05) is 23.3 Å². The van der Waals surface area contributed by atoms with Gasteiger partial charge < -0.3 is 13.9 Å². The zero-order valence-corrected chi connectivity index (χ0v) is 19.5. The van der Waals surface area contributed by atoms with Crippen molar-refractivity contribution in [1.82, 2.24) is 10.2 Å². The molecule has 0 aliphatic carbocycles. The van der Waals surface area contributed by atoms with Crippen LogP contribution < -0.4 is 19.5 Å². The maximum Gasteiger partial charge on any atom is 0.322 e. The van der Waals surface area contributed by atoms with Crippen molar-refractivity contribution in [2.24, 2.45) is 0 Å². The quantitative estimate of drug-likeness (QED) is 0.392. The number of fused-ring (bicyclic) bond motifs is 1. The first kappa shape index (κ1) is 22.7. The van der Waals surface area contributed by atoms with Gasteiger partial charge in [0.15, 0.2) is 11.5 Å². The number of ether oxygens (including phenoxy) is 2. The summed E-state index contributed by atoms with van der Waals surface area (Å²) in [5.41, 5.74) is 0.717. The van der Waals surface area contributed by atoms with E-state index in [2.05, 4.69) is 20.2 Å². The monoisotopic (exact) mass is 512 g/mol. The predicted molar refractivity (Wildman–Crippen MR) is 127 cm³/mol. The Morgan fingerprint density at radius 2 is 1.66 bits per heavy atom. The van der Waals surface area contributed by atoms with Crippen molar-refractivity contribution in [2.45, 2.75) is 4.90 Å². The maximum absolute atomic E-state index is 12.9. The van der Waals surface area contributed by atoms with Gasteiger partial charge in [0.05, 0.1) is 16.1 Å². The van der Waals surface area contributed by atoms with E-state index in [0.717, 1.165) is 0 Å². The molecule has 4 aromatic rings. The third kappa shape index (κ3) is 4.91. The summed E-state index contributed by atoms with van der Waals surface area (Å²) >= 11 is 5.84. The Morgan fingerprint density at radius 3 is 2.46 bits per heavy atom. The average Bonchev–Trinajstić information content (AvgIpc) is 3.32. The van der Waals surface area contributed by atoms with Crippen molar-refractivity contribution >= 4 is 39.2 Å². The van der Waals surface area contributed by atoms with Crippen LogP contribution in [0.3, 0.4) is 0 Å². The molecule has 0 saturated heterocycles. The molecular weight excluding hydrogens is 496 g/mol. The lowest BCUT2D eigenvalue weighted by molar-refractivity contribution is 0.102. The number of aromatic nitrogens is 2. The van der Waals surface area contributed by atoms with Crippen molar-refractivity contribution in [1.29, 1.82) is 0 Å². The number of carbonyl (C=O) groups is 1. The number of amides is 1. The summed E-state index contributed by atoms with van der Waals surface area (Å²) in [5.74, 6) is 0.691. The summed E-state index contributed by atoms with van der Waals surface area (Å²) in [7, 11) is -3.96. The van der Waals surface area contributed by atoms with Crippen LogP contribution in [-0.4, -0.2) is 37.7 Å². The largest absolute Gasteiger partial charge is 0.486 e. The number of benzene rings is 3. The Hall–Kier alpha value is -4.09. The number of para-hydroxylation sites is 1. The smallest absolute Gasteiger partial charge is 0.322 e. The van der Waals surface area contributed by atoms with Gasteiger partial charge in [-0.2, -0.15) is 0 Å². The molecule has 0 bridgehead atoms. The molecule has 12 heteroatoms. The van der Waals surface area contributed by atoms with Crippen LogP contribution in [0.15, 0.2) is 76.0 Å². The normalized spacial score (nSPS) is 12.7. The summed E-state index contributed by atoms with van der Waals surface area (Å²) in [5, 5.41) is 10.7. The van der Waals surface area contributed by atoms with Crippen molar-refractivity contribution in [3.8, 4) is 23.0 Å². The van der Waals surface area contributed by atoms with Gasteiger partial charge in [0.1, 0.15) is 13.2 Å². The molecule has 0 unspecified atom stereocenters. The van der Waals surface area contributed by atoms with Crippen molar-refractivity contribution < 1.29 is 27.1 Å². The van der Waals surface area contributed by atoms with Gasteiger partial charge in [-0.05, 0) is 54.6 Å². The van der Waals surface area contributed by atoms with Crippen LogP contribution in [0.1, 0.15) is 10.4 Å². The van der Waals surface area contributed by atoms with E-state index < -0.39 is 15.9 Å². The van der Waals surface area contributed by atoms with Gasteiger partial charge in [0, 0.05) is 10.6 Å². The molecule has 1 aliphatic rings. The Kier molecular flexibility index (Phi) is 6.01. The molecule has 0 spiro atoms. The standard InChI is InChI=1S/C23H17ClN4O6S/c24-15-6-8-16(9-7-15)35(30,31)28-18-4-2-1-3-17(18)21(29)25-23-27-26-22(34-23)14-5-10-19-20(13-14)33-12-11-32-19/h1-10,13,28H,11-12H2,(H,25,27,29). The lowest BCUT2D eigenvalue weighted by Gasteiger charge is -2.18. The first-order valence-corrected chi connectivity index (χ1v) is 12.2. The number of carbonyl (C=O) groups excluding carboxylic acids is 1. The van der Waals surface area contributed by atoms with Gasteiger partial charge in [0.2, 0.25) is 5.89 Å². The van der Waals surface area contributed by atoms with E-state index in [4.69, 9.17) is 25.5 Å². The molecule has 2 heterocycles. The van der Waals surface area contributed by atoms with Crippen LogP contribution in [0.5, 0.6) is 11.5 Å². The molecule has 0 saturated carbocycles. The number of sulfonamides is 1. The highest BCUT2D eigenvalue weighted by Crippen LogP contribution is 2.34. The van der Waals surface area contributed by atoms with Crippen LogP contribution in [0, 0.1) is 0 Å². The maximum atomic E-state index is 12.9. The summed E-state index contributed by atoms with van der Waals surface area (Å²) in [4.78, 5) is 12.9. The zero-order chi connectivity index (χ0) is 24.4. The molecule has 2 N–H and O–H groups in total. The van der Waals surface area contributed by atoms with Gasteiger partial charge in [-0.25, -0.2) is 8.42 Å². The molecule has 1 amide bonds. The second-order valence-electron chi connectivity index (χ2n) is 7.33. The summed E-state index contributed by atoms with van der Waals surface area (Å²) < 4.78 is 44.6. The minimum atomic E-state index is -3.96.